The summed E-state index contributed by atoms with van der Waals surface area (Å²) in [5.74, 6) is 0.711. The van der Waals surface area contributed by atoms with Crippen LogP contribution < -0.4 is 5.32 Å². The molecule has 2 rings (SSSR count). The van der Waals surface area contributed by atoms with Gasteiger partial charge in [-0.2, -0.15) is 5.10 Å². The molecule has 2 aromatic heterocycles. The fourth-order valence-corrected chi connectivity index (χ4v) is 1.77. The molecule has 0 fully saturated rings. The standard InChI is InChI=1S/C12H17N5O/c1-9(2)17-7-3-4-10(17)12(18)13-6-5-11-14-8-15-16-11/h3-4,7-9H,5-6H2,1-2H3,(H,13,18)(H,14,15,16). The van der Waals surface area contributed by atoms with Gasteiger partial charge in [-0.3, -0.25) is 9.89 Å². The van der Waals surface area contributed by atoms with E-state index in [2.05, 4.69) is 20.5 Å². The van der Waals surface area contributed by atoms with Gasteiger partial charge in [-0.25, -0.2) is 4.98 Å². The number of hydrogen-bond acceptors (Lipinski definition) is 3. The summed E-state index contributed by atoms with van der Waals surface area (Å²) in [5, 5.41) is 9.38. The van der Waals surface area contributed by atoms with Gasteiger partial charge in [0.2, 0.25) is 0 Å². The number of nitrogens with one attached hydrogen (secondary N) is 2. The Bertz CT molecular complexity index is 500. The van der Waals surface area contributed by atoms with E-state index in [1.165, 1.54) is 6.33 Å². The van der Waals surface area contributed by atoms with Gasteiger partial charge >= 0.3 is 0 Å². The number of H-pyrrole nitrogens is 1. The van der Waals surface area contributed by atoms with Crippen molar-refractivity contribution in [2.24, 2.45) is 0 Å². The van der Waals surface area contributed by atoms with Gasteiger partial charge in [-0.15, -0.1) is 0 Å². The van der Waals surface area contributed by atoms with Gasteiger partial charge in [0.25, 0.3) is 5.91 Å². The molecule has 0 spiro atoms. The van der Waals surface area contributed by atoms with Crippen molar-refractivity contribution in [1.29, 1.82) is 0 Å². The van der Waals surface area contributed by atoms with Gasteiger partial charge in [0.15, 0.2) is 0 Å². The summed E-state index contributed by atoms with van der Waals surface area (Å²) in [6.07, 6.45) is 4.02. The number of hydrogen-bond donors (Lipinski definition) is 2. The first-order chi connectivity index (χ1) is 8.68. The maximum atomic E-state index is 12.0. The second-order valence-corrected chi connectivity index (χ2v) is 4.33. The Morgan fingerprint density at radius 2 is 2.39 bits per heavy atom. The predicted octanol–water partition coefficient (Wildman–Crippen LogP) is 1.16. The van der Waals surface area contributed by atoms with Gasteiger partial charge in [-0.1, -0.05) is 0 Å². The molecule has 1 amide bonds. The molecule has 0 aliphatic heterocycles. The molecule has 0 aliphatic carbocycles. The number of carbonyl (C=O) groups is 1. The number of aromatic amines is 1. The molecule has 6 heteroatoms. The van der Waals surface area contributed by atoms with Crippen molar-refractivity contribution < 1.29 is 4.79 Å². The summed E-state index contributed by atoms with van der Waals surface area (Å²) < 4.78 is 1.95. The van der Waals surface area contributed by atoms with Crippen LogP contribution in [0.2, 0.25) is 0 Å². The molecule has 0 radical (unpaired) electrons. The molecule has 0 aliphatic rings. The largest absolute Gasteiger partial charge is 0.350 e. The zero-order chi connectivity index (χ0) is 13.0. The van der Waals surface area contributed by atoms with Crippen molar-refractivity contribution in [2.75, 3.05) is 6.54 Å². The topological polar surface area (TPSA) is 75.6 Å². The quantitative estimate of drug-likeness (QED) is 0.832. The Labute approximate surface area is 105 Å². The normalized spacial score (nSPS) is 10.8. The first kappa shape index (κ1) is 12.3. The Balaban J connectivity index is 1.89. The van der Waals surface area contributed by atoms with Crippen LogP contribution in [0.15, 0.2) is 24.7 Å². The molecule has 18 heavy (non-hydrogen) atoms. The van der Waals surface area contributed by atoms with Crippen LogP contribution >= 0.6 is 0 Å². The van der Waals surface area contributed by atoms with Crippen molar-refractivity contribution in [3.63, 3.8) is 0 Å². The minimum Gasteiger partial charge on any atom is -0.350 e. The molecule has 0 aromatic carbocycles. The van der Waals surface area contributed by atoms with Crippen molar-refractivity contribution in [1.82, 2.24) is 25.1 Å². The molecule has 0 saturated heterocycles. The highest BCUT2D eigenvalue weighted by molar-refractivity contribution is 5.92. The van der Waals surface area contributed by atoms with Gasteiger partial charge < -0.3 is 9.88 Å². The Morgan fingerprint density at radius 1 is 1.56 bits per heavy atom. The second kappa shape index (κ2) is 5.48. The second-order valence-electron chi connectivity index (χ2n) is 4.33. The molecule has 6 nitrogen and oxygen atoms in total. The van der Waals surface area contributed by atoms with Crippen molar-refractivity contribution in [2.45, 2.75) is 26.3 Å². The lowest BCUT2D eigenvalue weighted by atomic mass is 10.3. The maximum Gasteiger partial charge on any atom is 0.267 e. The molecule has 2 N–H and O–H groups in total. The van der Waals surface area contributed by atoms with E-state index in [0.29, 0.717) is 18.7 Å². The zero-order valence-corrected chi connectivity index (χ0v) is 10.6. The third-order valence-corrected chi connectivity index (χ3v) is 2.68. The van der Waals surface area contributed by atoms with Crippen molar-refractivity contribution >= 4 is 5.91 Å². The van der Waals surface area contributed by atoms with Crippen LogP contribution in [0.5, 0.6) is 0 Å². The van der Waals surface area contributed by atoms with Crippen molar-refractivity contribution in [3.05, 3.63) is 36.2 Å². The number of carbonyl (C=O) groups excluding carboxylic acids is 1. The molecular weight excluding hydrogens is 230 g/mol. The lowest BCUT2D eigenvalue weighted by Crippen LogP contribution is -2.28. The SMILES string of the molecule is CC(C)n1cccc1C(=O)NCCc1ncn[nH]1. The van der Waals surface area contributed by atoms with E-state index >= 15 is 0 Å². The van der Waals surface area contributed by atoms with Crippen LogP contribution in [0, 0.1) is 0 Å². The summed E-state index contributed by atoms with van der Waals surface area (Å²) in [4.78, 5) is 16.0. The van der Waals surface area contributed by atoms with Crippen LogP contribution in [0.3, 0.4) is 0 Å². The van der Waals surface area contributed by atoms with E-state index in [1.807, 2.05) is 36.7 Å². The third-order valence-electron chi connectivity index (χ3n) is 2.68. The third kappa shape index (κ3) is 2.77. The summed E-state index contributed by atoms with van der Waals surface area (Å²) in [6.45, 7) is 4.63. The number of nitrogens with zero attached hydrogens (tertiary/aromatic N) is 3. The number of aromatic nitrogens is 4. The molecule has 2 aromatic rings. The minimum atomic E-state index is -0.0618. The lowest BCUT2D eigenvalue weighted by molar-refractivity contribution is 0.0943. The smallest absolute Gasteiger partial charge is 0.267 e. The zero-order valence-electron chi connectivity index (χ0n) is 10.6. The van der Waals surface area contributed by atoms with E-state index in [-0.39, 0.29) is 11.9 Å². The fraction of sp³-hybridized carbons (Fsp3) is 0.417. The Morgan fingerprint density at radius 3 is 3.06 bits per heavy atom. The Hall–Kier alpha value is -2.11. The van der Waals surface area contributed by atoms with Gasteiger partial charge in [0.05, 0.1) is 0 Å². The van der Waals surface area contributed by atoms with Gasteiger partial charge in [0.1, 0.15) is 17.8 Å². The van der Waals surface area contributed by atoms with E-state index in [9.17, 15) is 4.79 Å². The molecule has 0 atom stereocenters. The van der Waals surface area contributed by atoms with Crippen LogP contribution in [0.25, 0.3) is 0 Å². The highest BCUT2D eigenvalue weighted by Crippen LogP contribution is 2.10. The first-order valence-electron chi connectivity index (χ1n) is 5.97. The summed E-state index contributed by atoms with van der Waals surface area (Å²) in [5.41, 5.74) is 0.683. The molecule has 0 saturated carbocycles. The van der Waals surface area contributed by atoms with E-state index in [1.54, 1.807) is 0 Å². The van der Waals surface area contributed by atoms with E-state index < -0.39 is 0 Å². The fourth-order valence-electron chi connectivity index (χ4n) is 1.77. The average molecular weight is 247 g/mol. The molecular formula is C12H17N5O. The summed E-state index contributed by atoms with van der Waals surface area (Å²) in [6, 6.07) is 3.98. The highest BCUT2D eigenvalue weighted by atomic mass is 16.1. The lowest BCUT2D eigenvalue weighted by Gasteiger charge is -2.12. The monoisotopic (exact) mass is 247 g/mol. The maximum absolute atomic E-state index is 12.0. The van der Waals surface area contributed by atoms with Gasteiger partial charge in [0, 0.05) is 25.2 Å². The first-order valence-corrected chi connectivity index (χ1v) is 5.97. The molecule has 96 valence electrons. The van der Waals surface area contributed by atoms with Crippen LogP contribution in [-0.4, -0.2) is 32.2 Å². The summed E-state index contributed by atoms with van der Waals surface area (Å²) >= 11 is 0. The highest BCUT2D eigenvalue weighted by Gasteiger charge is 2.11. The molecule has 0 bridgehead atoms. The van der Waals surface area contributed by atoms with E-state index in [4.69, 9.17) is 0 Å². The molecule has 2 heterocycles. The van der Waals surface area contributed by atoms with Crippen molar-refractivity contribution in [3.8, 4) is 0 Å². The molecule has 0 unspecified atom stereocenters. The number of amides is 1. The predicted molar refractivity (Wildman–Crippen MR) is 67.2 cm³/mol. The number of rotatable bonds is 5. The summed E-state index contributed by atoms with van der Waals surface area (Å²) in [7, 11) is 0. The minimum absolute atomic E-state index is 0.0618. The van der Waals surface area contributed by atoms with Crippen LogP contribution in [-0.2, 0) is 6.42 Å². The van der Waals surface area contributed by atoms with E-state index in [0.717, 1.165) is 5.82 Å². The van der Waals surface area contributed by atoms with Crippen LogP contribution in [0.4, 0.5) is 0 Å². The average Bonchev–Trinajstić information content (AvgIpc) is 2.99. The van der Waals surface area contributed by atoms with Crippen LogP contribution in [0.1, 0.15) is 36.2 Å². The Kier molecular flexibility index (Phi) is 3.76. The van der Waals surface area contributed by atoms with Gasteiger partial charge in [-0.05, 0) is 26.0 Å².